The molecule has 1 aliphatic rings. The number of thiophene rings is 1. The molecule has 5 heteroatoms. The van der Waals surface area contributed by atoms with Gasteiger partial charge in [0.15, 0.2) is 6.61 Å². The normalized spacial score (nSPS) is 13.0. The van der Waals surface area contributed by atoms with Gasteiger partial charge in [-0.25, -0.2) is 0 Å². The fraction of sp³-hybridized carbons (Fsp3) is 0.250. The molecule has 1 aromatic carbocycles. The van der Waals surface area contributed by atoms with Gasteiger partial charge in [0, 0.05) is 17.1 Å². The molecule has 0 saturated carbocycles. The first-order valence-electron chi connectivity index (χ1n) is 6.80. The second-order valence-electron chi connectivity index (χ2n) is 4.84. The van der Waals surface area contributed by atoms with Crippen LogP contribution in [0.1, 0.15) is 10.4 Å². The Bertz CT molecular complexity index is 651. The third kappa shape index (κ3) is 3.13. The maximum absolute atomic E-state index is 12.2. The van der Waals surface area contributed by atoms with Crippen LogP contribution in [0.15, 0.2) is 41.8 Å². The van der Waals surface area contributed by atoms with E-state index in [2.05, 4.69) is 0 Å². The molecule has 2 heterocycles. The Kier molecular flexibility index (Phi) is 4.01. The summed E-state index contributed by atoms with van der Waals surface area (Å²) in [6.45, 7) is 0.458. The first kappa shape index (κ1) is 13.8. The lowest BCUT2D eigenvalue weighted by atomic mass is 10.2. The lowest BCUT2D eigenvalue weighted by Crippen LogP contribution is -2.33. The maximum atomic E-state index is 12.2. The smallest absolute Gasteiger partial charge is 0.311 e. The van der Waals surface area contributed by atoms with Crippen molar-refractivity contribution in [3.8, 4) is 0 Å². The second kappa shape index (κ2) is 6.10. The molecule has 0 spiro atoms. The minimum Gasteiger partial charge on any atom is -0.455 e. The summed E-state index contributed by atoms with van der Waals surface area (Å²) in [5, 5.41) is 1.91. The number of amides is 1. The lowest BCUT2D eigenvalue weighted by Gasteiger charge is -2.17. The van der Waals surface area contributed by atoms with Crippen molar-refractivity contribution in [1.82, 2.24) is 0 Å². The molecule has 21 heavy (non-hydrogen) atoms. The maximum Gasteiger partial charge on any atom is 0.311 e. The number of carbonyl (C=O) groups excluding carboxylic acids is 2. The quantitative estimate of drug-likeness (QED) is 0.815. The number of anilines is 1. The number of ether oxygens (including phenoxy) is 1. The summed E-state index contributed by atoms with van der Waals surface area (Å²) in [7, 11) is 0. The molecular formula is C16H15NO3S. The van der Waals surface area contributed by atoms with E-state index in [0.29, 0.717) is 6.54 Å². The van der Waals surface area contributed by atoms with Crippen molar-refractivity contribution >= 4 is 28.9 Å². The van der Waals surface area contributed by atoms with Crippen molar-refractivity contribution in [2.24, 2.45) is 0 Å². The molecule has 1 aromatic heterocycles. The molecular weight excluding hydrogens is 286 g/mol. The van der Waals surface area contributed by atoms with Crippen LogP contribution in [0, 0.1) is 0 Å². The fourth-order valence-corrected chi connectivity index (χ4v) is 3.11. The summed E-state index contributed by atoms with van der Waals surface area (Å²) in [5.41, 5.74) is 2.09. The van der Waals surface area contributed by atoms with Crippen LogP contribution in [0.2, 0.25) is 0 Å². The van der Waals surface area contributed by atoms with Crippen molar-refractivity contribution in [3.63, 3.8) is 0 Å². The van der Waals surface area contributed by atoms with E-state index in [1.54, 1.807) is 4.90 Å². The minimum atomic E-state index is -0.363. The van der Waals surface area contributed by atoms with Crippen molar-refractivity contribution in [2.45, 2.75) is 12.8 Å². The summed E-state index contributed by atoms with van der Waals surface area (Å²) in [6, 6.07) is 11.6. The van der Waals surface area contributed by atoms with Crippen LogP contribution >= 0.6 is 11.3 Å². The number of benzene rings is 1. The second-order valence-corrected chi connectivity index (χ2v) is 5.87. The SMILES string of the molecule is O=C(Cc1cccs1)OCC(=O)N1CCc2ccccc21. The Labute approximate surface area is 127 Å². The van der Waals surface area contributed by atoms with Gasteiger partial charge < -0.3 is 9.64 Å². The zero-order chi connectivity index (χ0) is 14.7. The zero-order valence-electron chi connectivity index (χ0n) is 11.5. The third-order valence-electron chi connectivity index (χ3n) is 3.44. The summed E-state index contributed by atoms with van der Waals surface area (Å²) >= 11 is 1.51. The molecule has 0 saturated heterocycles. The van der Waals surface area contributed by atoms with E-state index in [4.69, 9.17) is 4.74 Å². The van der Waals surface area contributed by atoms with E-state index in [1.165, 1.54) is 11.3 Å². The molecule has 4 nitrogen and oxygen atoms in total. The molecule has 0 atom stereocenters. The van der Waals surface area contributed by atoms with Crippen LogP contribution in [0.4, 0.5) is 5.69 Å². The molecule has 0 unspecified atom stereocenters. The fourth-order valence-electron chi connectivity index (χ4n) is 2.42. The highest BCUT2D eigenvalue weighted by Crippen LogP contribution is 2.27. The van der Waals surface area contributed by atoms with E-state index >= 15 is 0 Å². The zero-order valence-corrected chi connectivity index (χ0v) is 12.3. The first-order chi connectivity index (χ1) is 10.2. The number of nitrogens with zero attached hydrogens (tertiary/aromatic N) is 1. The number of rotatable bonds is 4. The van der Waals surface area contributed by atoms with Gasteiger partial charge in [0.25, 0.3) is 5.91 Å². The Balaban J connectivity index is 1.54. The van der Waals surface area contributed by atoms with Gasteiger partial charge in [-0.3, -0.25) is 9.59 Å². The van der Waals surface area contributed by atoms with Crippen LogP contribution in [0.5, 0.6) is 0 Å². The average Bonchev–Trinajstić information content (AvgIpc) is 3.13. The van der Waals surface area contributed by atoms with Crippen LogP contribution < -0.4 is 4.90 Å². The molecule has 3 rings (SSSR count). The highest BCUT2D eigenvalue weighted by atomic mass is 32.1. The van der Waals surface area contributed by atoms with Gasteiger partial charge in [-0.2, -0.15) is 0 Å². The minimum absolute atomic E-state index is 0.167. The molecule has 108 valence electrons. The van der Waals surface area contributed by atoms with E-state index in [9.17, 15) is 9.59 Å². The Morgan fingerprint density at radius 1 is 1.19 bits per heavy atom. The van der Waals surface area contributed by atoms with Gasteiger partial charge in [-0.1, -0.05) is 24.3 Å². The standard InChI is InChI=1S/C16H15NO3S/c18-15(11-20-16(19)10-13-5-3-9-21-13)17-8-7-12-4-1-2-6-14(12)17/h1-6,9H,7-8,10-11H2. The predicted molar refractivity (Wildman–Crippen MR) is 81.5 cm³/mol. The van der Waals surface area contributed by atoms with E-state index in [-0.39, 0.29) is 24.9 Å². The topological polar surface area (TPSA) is 46.6 Å². The molecule has 1 aliphatic heterocycles. The Morgan fingerprint density at radius 3 is 2.86 bits per heavy atom. The lowest BCUT2D eigenvalue weighted by molar-refractivity contribution is -0.147. The predicted octanol–water partition coefficient (Wildman–Crippen LogP) is 2.42. The van der Waals surface area contributed by atoms with Gasteiger partial charge in [0.05, 0.1) is 6.42 Å². The summed E-state index contributed by atoms with van der Waals surface area (Å²) in [6.07, 6.45) is 1.08. The van der Waals surface area contributed by atoms with Crippen molar-refractivity contribution < 1.29 is 14.3 Å². The van der Waals surface area contributed by atoms with Gasteiger partial charge in [-0.15, -0.1) is 11.3 Å². The number of hydrogen-bond acceptors (Lipinski definition) is 4. The Morgan fingerprint density at radius 2 is 2.05 bits per heavy atom. The highest BCUT2D eigenvalue weighted by molar-refractivity contribution is 7.10. The molecule has 2 aromatic rings. The van der Waals surface area contributed by atoms with Crippen LogP contribution in [0.3, 0.4) is 0 Å². The average molecular weight is 301 g/mol. The number of carbonyl (C=O) groups is 2. The van der Waals surface area contributed by atoms with Crippen molar-refractivity contribution in [3.05, 3.63) is 52.2 Å². The largest absolute Gasteiger partial charge is 0.455 e. The van der Waals surface area contributed by atoms with E-state index < -0.39 is 0 Å². The van der Waals surface area contributed by atoms with E-state index in [0.717, 1.165) is 22.5 Å². The molecule has 1 amide bonds. The molecule has 0 N–H and O–H groups in total. The Hall–Kier alpha value is -2.14. The van der Waals surface area contributed by atoms with Crippen molar-refractivity contribution in [2.75, 3.05) is 18.1 Å². The number of hydrogen-bond donors (Lipinski definition) is 0. The van der Waals surface area contributed by atoms with Crippen LogP contribution in [-0.2, 0) is 27.2 Å². The molecule has 0 fully saturated rings. The van der Waals surface area contributed by atoms with Crippen LogP contribution in [-0.4, -0.2) is 25.0 Å². The van der Waals surface area contributed by atoms with Gasteiger partial charge in [0.1, 0.15) is 0 Å². The third-order valence-corrected chi connectivity index (χ3v) is 4.32. The van der Waals surface area contributed by atoms with Crippen molar-refractivity contribution in [1.29, 1.82) is 0 Å². The number of fused-ring (bicyclic) bond motifs is 1. The first-order valence-corrected chi connectivity index (χ1v) is 7.68. The van der Waals surface area contributed by atoms with Gasteiger partial charge in [0.2, 0.25) is 0 Å². The number of para-hydroxylation sites is 1. The van der Waals surface area contributed by atoms with Gasteiger partial charge in [-0.05, 0) is 29.5 Å². The molecule has 0 aliphatic carbocycles. The highest BCUT2D eigenvalue weighted by Gasteiger charge is 2.24. The monoisotopic (exact) mass is 301 g/mol. The van der Waals surface area contributed by atoms with E-state index in [1.807, 2.05) is 41.8 Å². The summed E-state index contributed by atoms with van der Waals surface area (Å²) < 4.78 is 5.08. The van der Waals surface area contributed by atoms with Crippen LogP contribution in [0.25, 0.3) is 0 Å². The summed E-state index contributed by atoms with van der Waals surface area (Å²) in [4.78, 5) is 26.5. The number of esters is 1. The molecule has 0 bridgehead atoms. The van der Waals surface area contributed by atoms with Gasteiger partial charge >= 0.3 is 5.97 Å². The summed E-state index contributed by atoms with van der Waals surface area (Å²) in [5.74, 6) is -0.530. The molecule has 0 radical (unpaired) electrons.